The third kappa shape index (κ3) is 5.68. The van der Waals surface area contributed by atoms with Crippen LogP contribution in [0.2, 0.25) is 0 Å². The molecule has 0 aliphatic carbocycles. The van der Waals surface area contributed by atoms with Crippen molar-refractivity contribution in [2.24, 2.45) is 0 Å². The number of carbonyl (C=O) groups is 2. The van der Waals surface area contributed by atoms with Crippen LogP contribution in [0.3, 0.4) is 0 Å². The van der Waals surface area contributed by atoms with Gasteiger partial charge in [-0.25, -0.2) is 4.98 Å². The fraction of sp³-hybridized carbons (Fsp3) is 0.250. The van der Waals surface area contributed by atoms with Crippen LogP contribution in [-0.4, -0.2) is 28.3 Å². The molecule has 2 aromatic rings. The van der Waals surface area contributed by atoms with Gasteiger partial charge in [0.15, 0.2) is 5.13 Å². The summed E-state index contributed by atoms with van der Waals surface area (Å²) in [7, 11) is 0. The average Bonchev–Trinajstić information content (AvgIpc) is 3.02. The number of benzene rings is 1. The Bertz CT molecular complexity index is 750. The highest BCUT2D eigenvalue weighted by Gasteiger charge is 2.08. The standard InChI is InChI=1S/C16H16N4O2S2/c1-11(21)18-8-12-2-4-13(5-3-12)14-9-24-16(19-14)20-15(22)10-23-7-6-17/h2-5,9H,7-8,10H2,1H3,(H,18,21)(H,19,20,22). The number of thiazole rings is 1. The summed E-state index contributed by atoms with van der Waals surface area (Å²) in [5, 5.41) is 16.3. The van der Waals surface area contributed by atoms with E-state index in [-0.39, 0.29) is 17.6 Å². The van der Waals surface area contributed by atoms with E-state index in [0.717, 1.165) is 16.8 Å². The van der Waals surface area contributed by atoms with Gasteiger partial charge in [0, 0.05) is 24.4 Å². The molecule has 24 heavy (non-hydrogen) atoms. The fourth-order valence-electron chi connectivity index (χ4n) is 1.83. The predicted octanol–water partition coefficient (Wildman–Crippen LogP) is 2.64. The molecule has 0 bridgehead atoms. The third-order valence-electron chi connectivity index (χ3n) is 2.94. The first-order valence-electron chi connectivity index (χ1n) is 7.12. The highest BCUT2D eigenvalue weighted by Crippen LogP contribution is 2.25. The zero-order valence-corrected chi connectivity index (χ0v) is 14.7. The van der Waals surface area contributed by atoms with Gasteiger partial charge >= 0.3 is 0 Å². The van der Waals surface area contributed by atoms with Gasteiger partial charge in [-0.15, -0.1) is 23.1 Å². The summed E-state index contributed by atoms with van der Waals surface area (Å²) >= 11 is 2.62. The summed E-state index contributed by atoms with van der Waals surface area (Å²) in [4.78, 5) is 27.0. The van der Waals surface area contributed by atoms with Gasteiger partial charge in [-0.1, -0.05) is 24.3 Å². The van der Waals surface area contributed by atoms with E-state index >= 15 is 0 Å². The Morgan fingerprint density at radius 3 is 2.75 bits per heavy atom. The lowest BCUT2D eigenvalue weighted by atomic mass is 10.1. The number of thioether (sulfide) groups is 1. The van der Waals surface area contributed by atoms with Gasteiger partial charge in [-0.2, -0.15) is 5.26 Å². The zero-order chi connectivity index (χ0) is 17.4. The van der Waals surface area contributed by atoms with Crippen LogP contribution in [0.1, 0.15) is 12.5 Å². The number of carbonyl (C=O) groups excluding carboxylic acids is 2. The molecule has 1 aromatic carbocycles. The van der Waals surface area contributed by atoms with E-state index in [1.807, 2.05) is 35.7 Å². The Balaban J connectivity index is 1.93. The van der Waals surface area contributed by atoms with Crippen LogP contribution in [0.5, 0.6) is 0 Å². The highest BCUT2D eigenvalue weighted by atomic mass is 32.2. The second-order valence-electron chi connectivity index (χ2n) is 4.84. The summed E-state index contributed by atoms with van der Waals surface area (Å²) in [6, 6.07) is 9.71. The normalized spacial score (nSPS) is 10.0. The first-order valence-corrected chi connectivity index (χ1v) is 9.15. The molecule has 0 radical (unpaired) electrons. The van der Waals surface area contributed by atoms with Gasteiger partial charge in [0.25, 0.3) is 0 Å². The predicted molar refractivity (Wildman–Crippen MR) is 96.6 cm³/mol. The number of nitrogens with one attached hydrogen (secondary N) is 2. The summed E-state index contributed by atoms with van der Waals surface area (Å²) in [6.07, 6.45) is 0. The van der Waals surface area contributed by atoms with Crippen LogP contribution < -0.4 is 10.6 Å². The Morgan fingerprint density at radius 2 is 2.08 bits per heavy atom. The number of nitriles is 1. The average molecular weight is 360 g/mol. The maximum Gasteiger partial charge on any atom is 0.236 e. The molecule has 6 nitrogen and oxygen atoms in total. The molecule has 0 spiro atoms. The quantitative estimate of drug-likeness (QED) is 0.740. The van der Waals surface area contributed by atoms with Crippen LogP contribution in [0.15, 0.2) is 29.6 Å². The van der Waals surface area contributed by atoms with Crippen molar-refractivity contribution in [3.8, 4) is 17.3 Å². The number of hydrogen-bond acceptors (Lipinski definition) is 6. The van der Waals surface area contributed by atoms with Gasteiger partial charge in [0.2, 0.25) is 11.8 Å². The molecular formula is C16H16N4O2S2. The van der Waals surface area contributed by atoms with Crippen molar-refractivity contribution in [1.82, 2.24) is 10.3 Å². The smallest absolute Gasteiger partial charge is 0.236 e. The molecule has 2 rings (SSSR count). The van der Waals surface area contributed by atoms with E-state index in [4.69, 9.17) is 5.26 Å². The monoisotopic (exact) mass is 360 g/mol. The Kier molecular flexibility index (Phi) is 6.78. The van der Waals surface area contributed by atoms with Crippen molar-refractivity contribution < 1.29 is 9.59 Å². The molecule has 0 saturated carbocycles. The number of nitrogens with zero attached hydrogens (tertiary/aromatic N) is 2. The minimum atomic E-state index is -0.165. The highest BCUT2D eigenvalue weighted by molar-refractivity contribution is 8.00. The molecule has 1 heterocycles. The number of amides is 2. The Morgan fingerprint density at radius 1 is 1.33 bits per heavy atom. The first-order chi connectivity index (χ1) is 11.6. The topological polar surface area (TPSA) is 94.9 Å². The largest absolute Gasteiger partial charge is 0.352 e. The lowest BCUT2D eigenvalue weighted by Gasteiger charge is -2.03. The van der Waals surface area contributed by atoms with Crippen LogP contribution in [0.4, 0.5) is 5.13 Å². The van der Waals surface area contributed by atoms with Crippen molar-refractivity contribution in [3.63, 3.8) is 0 Å². The molecule has 2 amide bonds. The van der Waals surface area contributed by atoms with Crippen molar-refractivity contribution in [3.05, 3.63) is 35.2 Å². The minimum Gasteiger partial charge on any atom is -0.352 e. The van der Waals surface area contributed by atoms with Crippen molar-refractivity contribution in [2.45, 2.75) is 13.5 Å². The van der Waals surface area contributed by atoms with Gasteiger partial charge < -0.3 is 10.6 Å². The molecule has 2 N–H and O–H groups in total. The van der Waals surface area contributed by atoms with E-state index in [9.17, 15) is 9.59 Å². The van der Waals surface area contributed by atoms with Gasteiger partial charge in [-0.3, -0.25) is 9.59 Å². The molecule has 8 heteroatoms. The van der Waals surface area contributed by atoms with Crippen molar-refractivity contribution >= 4 is 40.0 Å². The van der Waals surface area contributed by atoms with Crippen molar-refractivity contribution in [1.29, 1.82) is 5.26 Å². The first kappa shape index (κ1) is 18.0. The SMILES string of the molecule is CC(=O)NCc1ccc(-c2csc(NC(=O)CSCC#N)n2)cc1. The minimum absolute atomic E-state index is 0.0631. The van der Waals surface area contributed by atoms with E-state index in [0.29, 0.717) is 17.4 Å². The van der Waals surface area contributed by atoms with E-state index in [1.165, 1.54) is 30.0 Å². The maximum atomic E-state index is 11.7. The van der Waals surface area contributed by atoms with Gasteiger partial charge in [-0.05, 0) is 5.56 Å². The van der Waals surface area contributed by atoms with E-state index < -0.39 is 0 Å². The molecule has 0 unspecified atom stereocenters. The molecule has 1 aromatic heterocycles. The van der Waals surface area contributed by atoms with Crippen LogP contribution in [0, 0.1) is 11.3 Å². The fourth-order valence-corrected chi connectivity index (χ4v) is 3.02. The lowest BCUT2D eigenvalue weighted by Crippen LogP contribution is -2.18. The zero-order valence-electron chi connectivity index (χ0n) is 13.0. The summed E-state index contributed by atoms with van der Waals surface area (Å²) < 4.78 is 0. The number of rotatable bonds is 7. The van der Waals surface area contributed by atoms with Gasteiger partial charge in [0.05, 0.1) is 23.3 Å². The molecule has 124 valence electrons. The molecule has 0 atom stereocenters. The van der Waals surface area contributed by atoms with Crippen LogP contribution >= 0.6 is 23.1 Å². The second-order valence-corrected chi connectivity index (χ2v) is 6.69. The maximum absolute atomic E-state index is 11.7. The molecule has 0 aliphatic heterocycles. The number of aromatic nitrogens is 1. The van der Waals surface area contributed by atoms with Crippen LogP contribution in [-0.2, 0) is 16.1 Å². The number of hydrogen-bond donors (Lipinski definition) is 2. The summed E-state index contributed by atoms with van der Waals surface area (Å²) in [6.45, 7) is 1.98. The van der Waals surface area contributed by atoms with E-state index in [1.54, 1.807) is 0 Å². The van der Waals surface area contributed by atoms with Crippen LogP contribution in [0.25, 0.3) is 11.3 Å². The molecule has 0 fully saturated rings. The summed E-state index contributed by atoms with van der Waals surface area (Å²) in [5.74, 6) is 0.301. The molecule has 0 aliphatic rings. The van der Waals surface area contributed by atoms with Crippen molar-refractivity contribution in [2.75, 3.05) is 16.8 Å². The Hall–Kier alpha value is -2.37. The number of anilines is 1. The second kappa shape index (κ2) is 9.05. The lowest BCUT2D eigenvalue weighted by molar-refractivity contribution is -0.119. The van der Waals surface area contributed by atoms with E-state index in [2.05, 4.69) is 15.6 Å². The third-order valence-corrected chi connectivity index (χ3v) is 4.50. The van der Waals surface area contributed by atoms with Gasteiger partial charge in [0.1, 0.15) is 0 Å². The Labute approximate surface area is 148 Å². The molecular weight excluding hydrogens is 344 g/mol. The summed E-state index contributed by atoms with van der Waals surface area (Å²) in [5.41, 5.74) is 2.73. The molecule has 0 saturated heterocycles.